The maximum Gasteiger partial charge on any atom is 0.343 e. The number of carbonyl (C=O) groups excluding carboxylic acids is 2. The molecule has 0 amide bonds. The average molecular weight is 545 g/mol. The monoisotopic (exact) mass is 544 g/mol. The summed E-state index contributed by atoms with van der Waals surface area (Å²) in [7, 11) is 0. The first-order valence-electron chi connectivity index (χ1n) is 14.9. The second-order valence-electron chi connectivity index (χ2n) is 10.2. The van der Waals surface area contributed by atoms with Crippen molar-refractivity contribution in [2.45, 2.75) is 91.1 Å². The summed E-state index contributed by atoms with van der Waals surface area (Å²) < 4.78 is 17.0. The van der Waals surface area contributed by atoms with Crippen LogP contribution in [-0.4, -0.2) is 24.6 Å². The van der Waals surface area contributed by atoms with E-state index in [-0.39, 0.29) is 12.1 Å². The second kappa shape index (κ2) is 17.2. The number of ether oxygens (including phenoxy) is 3. The van der Waals surface area contributed by atoms with Gasteiger partial charge in [0.25, 0.3) is 0 Å². The van der Waals surface area contributed by atoms with E-state index in [0.29, 0.717) is 16.9 Å². The van der Waals surface area contributed by atoms with Crippen LogP contribution in [0, 0.1) is 0 Å². The summed E-state index contributed by atoms with van der Waals surface area (Å²) >= 11 is 0. The van der Waals surface area contributed by atoms with Crippen LogP contribution in [0.1, 0.15) is 106 Å². The maximum atomic E-state index is 12.7. The largest absolute Gasteiger partial charge is 0.494 e. The van der Waals surface area contributed by atoms with Crippen LogP contribution >= 0.6 is 0 Å². The van der Waals surface area contributed by atoms with Gasteiger partial charge >= 0.3 is 11.9 Å². The molecule has 0 aliphatic rings. The van der Waals surface area contributed by atoms with Crippen molar-refractivity contribution in [3.8, 4) is 22.6 Å². The number of unbranched alkanes of at least 4 members (excludes halogenated alkanes) is 5. The summed E-state index contributed by atoms with van der Waals surface area (Å²) in [5.74, 6) is 0.448. The van der Waals surface area contributed by atoms with Crippen molar-refractivity contribution in [3.63, 3.8) is 0 Å². The van der Waals surface area contributed by atoms with E-state index in [4.69, 9.17) is 14.2 Å². The molecule has 0 bridgehead atoms. The van der Waals surface area contributed by atoms with Gasteiger partial charge in [0.15, 0.2) is 0 Å². The molecule has 0 saturated carbocycles. The van der Waals surface area contributed by atoms with Crippen LogP contribution in [0.2, 0.25) is 0 Å². The van der Waals surface area contributed by atoms with Crippen LogP contribution in [0.5, 0.6) is 11.5 Å². The van der Waals surface area contributed by atoms with Crippen molar-refractivity contribution >= 4 is 11.9 Å². The fourth-order valence-corrected chi connectivity index (χ4v) is 4.57. The summed E-state index contributed by atoms with van der Waals surface area (Å²) in [5, 5.41) is 0. The van der Waals surface area contributed by atoms with Crippen molar-refractivity contribution in [1.29, 1.82) is 0 Å². The van der Waals surface area contributed by atoms with Crippen molar-refractivity contribution < 1.29 is 23.8 Å². The molecule has 40 heavy (non-hydrogen) atoms. The zero-order chi connectivity index (χ0) is 28.6. The lowest BCUT2D eigenvalue weighted by atomic mass is 10.0. The SMILES string of the molecule is CCCCCCCCOc1ccc(-c2ccc(C(=O)Oc3ccc(C(=O)OC(CCC)CCC)cc3)cc2)cc1. The molecule has 3 aromatic rings. The fraction of sp³-hybridized carbons (Fsp3) is 0.429. The summed E-state index contributed by atoms with van der Waals surface area (Å²) in [4.78, 5) is 25.2. The van der Waals surface area contributed by atoms with E-state index in [1.165, 1.54) is 32.1 Å². The molecule has 0 aliphatic heterocycles. The van der Waals surface area contributed by atoms with Crippen molar-refractivity contribution in [2.75, 3.05) is 6.61 Å². The number of hydrogen-bond donors (Lipinski definition) is 0. The molecule has 0 atom stereocenters. The van der Waals surface area contributed by atoms with Crippen LogP contribution in [0.15, 0.2) is 72.8 Å². The topological polar surface area (TPSA) is 61.8 Å². The van der Waals surface area contributed by atoms with Gasteiger partial charge in [-0.05, 0) is 78.9 Å². The smallest absolute Gasteiger partial charge is 0.343 e. The number of esters is 2. The van der Waals surface area contributed by atoms with Crippen molar-refractivity contribution in [2.24, 2.45) is 0 Å². The van der Waals surface area contributed by atoms with E-state index in [0.717, 1.165) is 55.6 Å². The number of carbonyl (C=O) groups is 2. The van der Waals surface area contributed by atoms with Gasteiger partial charge < -0.3 is 14.2 Å². The Labute approximate surface area is 239 Å². The first-order chi connectivity index (χ1) is 19.5. The lowest BCUT2D eigenvalue weighted by molar-refractivity contribution is 0.0258. The highest BCUT2D eigenvalue weighted by Gasteiger charge is 2.15. The molecule has 0 aliphatic carbocycles. The maximum absolute atomic E-state index is 12.7. The first kappa shape index (κ1) is 30.9. The molecule has 0 heterocycles. The highest BCUT2D eigenvalue weighted by Crippen LogP contribution is 2.24. The zero-order valence-electron chi connectivity index (χ0n) is 24.3. The Morgan fingerprint density at radius 2 is 1.07 bits per heavy atom. The van der Waals surface area contributed by atoms with Crippen LogP contribution in [0.4, 0.5) is 0 Å². The Balaban J connectivity index is 1.48. The average Bonchev–Trinajstić information content (AvgIpc) is 2.98. The molecular weight excluding hydrogens is 500 g/mol. The predicted octanol–water partition coefficient (Wildman–Crippen LogP) is 9.44. The highest BCUT2D eigenvalue weighted by atomic mass is 16.5. The third kappa shape index (κ3) is 10.2. The third-order valence-corrected chi connectivity index (χ3v) is 6.87. The van der Waals surface area contributed by atoms with Gasteiger partial charge in [0, 0.05) is 0 Å². The molecule has 5 heteroatoms. The molecule has 0 saturated heterocycles. The zero-order valence-corrected chi connectivity index (χ0v) is 24.3. The molecular formula is C35H44O5. The lowest BCUT2D eigenvalue weighted by Gasteiger charge is -2.16. The highest BCUT2D eigenvalue weighted by molar-refractivity contribution is 5.92. The van der Waals surface area contributed by atoms with Gasteiger partial charge in [-0.1, -0.05) is 90.0 Å². The van der Waals surface area contributed by atoms with E-state index in [2.05, 4.69) is 20.8 Å². The molecule has 0 spiro atoms. The minimum atomic E-state index is -0.453. The van der Waals surface area contributed by atoms with Crippen molar-refractivity contribution in [3.05, 3.63) is 83.9 Å². The van der Waals surface area contributed by atoms with E-state index < -0.39 is 5.97 Å². The Hall–Kier alpha value is -3.60. The lowest BCUT2D eigenvalue weighted by Crippen LogP contribution is -2.18. The van der Waals surface area contributed by atoms with Gasteiger partial charge in [-0.3, -0.25) is 0 Å². The van der Waals surface area contributed by atoms with E-state index >= 15 is 0 Å². The van der Waals surface area contributed by atoms with Gasteiger partial charge in [-0.2, -0.15) is 0 Å². The molecule has 5 nitrogen and oxygen atoms in total. The van der Waals surface area contributed by atoms with Gasteiger partial charge in [0.1, 0.15) is 17.6 Å². The third-order valence-electron chi connectivity index (χ3n) is 6.87. The molecule has 3 aromatic carbocycles. The van der Waals surface area contributed by atoms with E-state index in [9.17, 15) is 9.59 Å². The summed E-state index contributed by atoms with van der Waals surface area (Å²) in [6, 6.07) is 21.9. The Morgan fingerprint density at radius 3 is 1.68 bits per heavy atom. The van der Waals surface area contributed by atoms with Crippen LogP contribution in [-0.2, 0) is 4.74 Å². The van der Waals surface area contributed by atoms with Gasteiger partial charge in [-0.15, -0.1) is 0 Å². The fourth-order valence-electron chi connectivity index (χ4n) is 4.57. The Bertz CT molecular complexity index is 1140. The molecule has 214 valence electrons. The first-order valence-corrected chi connectivity index (χ1v) is 14.9. The van der Waals surface area contributed by atoms with Crippen LogP contribution < -0.4 is 9.47 Å². The standard InChI is InChI=1S/C35H44O5/c1-4-7-8-9-10-11-26-38-31-22-18-28(19-23-31)27-14-16-29(17-15-27)34(36)40-33-24-20-30(21-25-33)35(37)39-32(12-5-2)13-6-3/h14-25,32H,4-13,26H2,1-3H3. The normalized spacial score (nSPS) is 10.9. The predicted molar refractivity (Wildman–Crippen MR) is 161 cm³/mol. The summed E-state index contributed by atoms with van der Waals surface area (Å²) in [5.41, 5.74) is 2.95. The minimum absolute atomic E-state index is 0.0656. The van der Waals surface area contributed by atoms with Crippen molar-refractivity contribution in [1.82, 2.24) is 0 Å². The summed E-state index contributed by atoms with van der Waals surface area (Å²) in [6.45, 7) is 7.14. The number of hydrogen-bond acceptors (Lipinski definition) is 5. The molecule has 0 unspecified atom stereocenters. The van der Waals surface area contributed by atoms with Gasteiger partial charge in [0.05, 0.1) is 17.7 Å². The number of benzene rings is 3. The quantitative estimate of drug-likeness (QED) is 0.0962. The summed E-state index contributed by atoms with van der Waals surface area (Å²) in [6.07, 6.45) is 11.0. The van der Waals surface area contributed by atoms with Gasteiger partial charge in [-0.25, -0.2) is 9.59 Å². The second-order valence-corrected chi connectivity index (χ2v) is 10.2. The number of rotatable bonds is 17. The Morgan fingerprint density at radius 1 is 0.575 bits per heavy atom. The molecule has 0 radical (unpaired) electrons. The van der Waals surface area contributed by atoms with E-state index in [1.54, 1.807) is 36.4 Å². The molecule has 3 rings (SSSR count). The molecule has 0 aromatic heterocycles. The minimum Gasteiger partial charge on any atom is -0.494 e. The molecule has 0 N–H and O–H groups in total. The van der Waals surface area contributed by atoms with E-state index in [1.807, 2.05) is 36.4 Å². The van der Waals surface area contributed by atoms with Gasteiger partial charge in [0.2, 0.25) is 0 Å². The van der Waals surface area contributed by atoms with Crippen LogP contribution in [0.25, 0.3) is 11.1 Å². The van der Waals surface area contributed by atoms with Crippen LogP contribution in [0.3, 0.4) is 0 Å². The molecule has 0 fully saturated rings. The Kier molecular flexibility index (Phi) is 13.3.